The lowest BCUT2D eigenvalue weighted by Crippen LogP contribution is -2.25. The Labute approximate surface area is 156 Å². The third-order valence-corrected chi connectivity index (χ3v) is 5.59. The molecule has 0 bridgehead atoms. The number of aromatic hydroxyl groups is 1. The monoisotopic (exact) mass is 373 g/mol. The number of pyridine rings is 1. The second kappa shape index (κ2) is 6.45. The van der Waals surface area contributed by atoms with E-state index >= 15 is 0 Å². The van der Waals surface area contributed by atoms with Crippen LogP contribution in [0.4, 0.5) is 0 Å². The van der Waals surface area contributed by atoms with Crippen LogP contribution in [0.5, 0.6) is 17.2 Å². The van der Waals surface area contributed by atoms with Crippen molar-refractivity contribution in [1.82, 2.24) is 14.6 Å². The summed E-state index contributed by atoms with van der Waals surface area (Å²) in [5.41, 5.74) is 0.361. The number of phenols is 1. The van der Waals surface area contributed by atoms with Crippen molar-refractivity contribution in [2.75, 3.05) is 0 Å². The zero-order valence-electron chi connectivity index (χ0n) is 14.4. The number of nitrogens with zero attached hydrogens (tertiary/aromatic N) is 3. The van der Waals surface area contributed by atoms with Crippen molar-refractivity contribution in [2.24, 2.45) is 0 Å². The van der Waals surface area contributed by atoms with Gasteiger partial charge in [0.05, 0.1) is 11.1 Å². The normalized spacial score (nSPS) is 22.8. The molecular formula is C19H20ClN3O3. The van der Waals surface area contributed by atoms with Gasteiger partial charge in [-0.15, -0.1) is 10.2 Å². The van der Waals surface area contributed by atoms with Gasteiger partial charge in [0.1, 0.15) is 5.82 Å². The van der Waals surface area contributed by atoms with Crippen LogP contribution >= 0.6 is 11.6 Å². The Hall–Kier alpha value is -2.31. The Morgan fingerprint density at radius 3 is 2.85 bits per heavy atom. The zero-order chi connectivity index (χ0) is 18.3. The highest BCUT2D eigenvalue weighted by molar-refractivity contribution is 6.32. The number of hydrogen-bond acceptors (Lipinski definition) is 5. The summed E-state index contributed by atoms with van der Waals surface area (Å²) < 4.78 is 7.77. The van der Waals surface area contributed by atoms with Crippen molar-refractivity contribution in [3.63, 3.8) is 0 Å². The largest absolute Gasteiger partial charge is 0.504 e. The molecule has 0 radical (unpaired) electrons. The quantitative estimate of drug-likeness (QED) is 0.720. The molecule has 2 heterocycles. The number of benzene rings is 1. The molecule has 1 aliphatic rings. The van der Waals surface area contributed by atoms with Gasteiger partial charge < -0.3 is 14.9 Å². The molecule has 3 aromatic rings. The van der Waals surface area contributed by atoms with Gasteiger partial charge in [-0.25, -0.2) is 0 Å². The average Bonchev–Trinajstić information content (AvgIpc) is 3.23. The molecule has 1 fully saturated rings. The number of aliphatic hydroxyl groups is 1. The maximum Gasteiger partial charge on any atom is 0.203 e. The van der Waals surface area contributed by atoms with Crippen molar-refractivity contribution in [2.45, 2.75) is 44.1 Å². The fraction of sp³-hybridized carbons (Fsp3) is 0.368. The van der Waals surface area contributed by atoms with E-state index in [9.17, 15) is 10.2 Å². The van der Waals surface area contributed by atoms with Gasteiger partial charge >= 0.3 is 0 Å². The summed E-state index contributed by atoms with van der Waals surface area (Å²) in [6.07, 6.45) is 4.80. The van der Waals surface area contributed by atoms with Crippen LogP contribution in [0.25, 0.3) is 5.65 Å². The molecule has 1 aromatic carbocycles. The molecular weight excluding hydrogens is 354 g/mol. The van der Waals surface area contributed by atoms with E-state index in [0.717, 1.165) is 25.1 Å². The number of hydrogen-bond donors (Lipinski definition) is 2. The van der Waals surface area contributed by atoms with Crippen LogP contribution in [0.15, 0.2) is 36.5 Å². The number of ether oxygens (including phenoxy) is 1. The van der Waals surface area contributed by atoms with E-state index in [1.165, 1.54) is 6.07 Å². The van der Waals surface area contributed by atoms with E-state index < -0.39 is 0 Å². The van der Waals surface area contributed by atoms with E-state index in [-0.39, 0.29) is 23.0 Å². The summed E-state index contributed by atoms with van der Waals surface area (Å²) in [6, 6.07) is 8.42. The highest BCUT2D eigenvalue weighted by atomic mass is 35.5. The lowest BCUT2D eigenvalue weighted by atomic mass is 9.82. The molecule has 136 valence electrons. The Morgan fingerprint density at radius 2 is 2.15 bits per heavy atom. The first-order valence-electron chi connectivity index (χ1n) is 8.72. The van der Waals surface area contributed by atoms with E-state index in [0.29, 0.717) is 22.8 Å². The van der Waals surface area contributed by atoms with Crippen molar-refractivity contribution >= 4 is 17.2 Å². The third kappa shape index (κ3) is 2.70. The van der Waals surface area contributed by atoms with Crippen LogP contribution in [0, 0.1) is 0 Å². The van der Waals surface area contributed by atoms with Crippen molar-refractivity contribution < 1.29 is 14.9 Å². The fourth-order valence-electron chi connectivity index (χ4n) is 3.82. The lowest BCUT2D eigenvalue weighted by molar-refractivity contribution is 0.171. The van der Waals surface area contributed by atoms with Gasteiger partial charge in [0.15, 0.2) is 17.2 Å². The number of phenolic OH excluding ortho intramolecular Hbond substituents is 1. The summed E-state index contributed by atoms with van der Waals surface area (Å²) in [5.74, 6) is 1.44. The molecule has 1 aliphatic carbocycles. The average molecular weight is 374 g/mol. The minimum absolute atomic E-state index is 0.0387. The van der Waals surface area contributed by atoms with Crippen molar-refractivity contribution in [3.05, 3.63) is 47.4 Å². The maximum absolute atomic E-state index is 10.1. The molecule has 2 N–H and O–H groups in total. The third-order valence-electron chi connectivity index (χ3n) is 5.29. The van der Waals surface area contributed by atoms with Gasteiger partial charge in [0.25, 0.3) is 0 Å². The fourth-order valence-corrected chi connectivity index (χ4v) is 4.03. The number of rotatable bonds is 4. The van der Waals surface area contributed by atoms with Gasteiger partial charge in [-0.1, -0.05) is 24.6 Å². The van der Waals surface area contributed by atoms with Crippen LogP contribution < -0.4 is 4.74 Å². The van der Waals surface area contributed by atoms with E-state index in [2.05, 4.69) is 17.1 Å². The Morgan fingerprint density at radius 1 is 1.31 bits per heavy atom. The second-order valence-electron chi connectivity index (χ2n) is 6.81. The molecule has 2 unspecified atom stereocenters. The highest BCUT2D eigenvalue weighted by Gasteiger charge is 2.42. The SMILES string of the molecule is CCC1(c2nnc3c(Oc4c(O)cccc4Cl)cccn23)CCC(O)C1. The maximum atomic E-state index is 10.1. The molecule has 6 nitrogen and oxygen atoms in total. The molecule has 7 heteroatoms. The molecule has 0 aliphatic heterocycles. The molecule has 2 atom stereocenters. The smallest absolute Gasteiger partial charge is 0.203 e. The topological polar surface area (TPSA) is 79.9 Å². The molecule has 0 saturated heterocycles. The summed E-state index contributed by atoms with van der Waals surface area (Å²) in [7, 11) is 0. The van der Waals surface area contributed by atoms with Gasteiger partial charge in [-0.2, -0.15) is 0 Å². The van der Waals surface area contributed by atoms with Crippen LogP contribution in [0.2, 0.25) is 5.02 Å². The Balaban J connectivity index is 1.79. The first-order valence-corrected chi connectivity index (χ1v) is 9.09. The predicted molar refractivity (Wildman–Crippen MR) is 98.0 cm³/mol. The minimum Gasteiger partial charge on any atom is -0.504 e. The lowest BCUT2D eigenvalue weighted by Gasteiger charge is -2.25. The van der Waals surface area contributed by atoms with Crippen LogP contribution in [-0.2, 0) is 5.41 Å². The molecule has 0 amide bonds. The number of para-hydroxylation sites is 1. The molecule has 1 saturated carbocycles. The summed E-state index contributed by atoms with van der Waals surface area (Å²) >= 11 is 6.14. The molecule has 4 rings (SSSR count). The van der Waals surface area contributed by atoms with E-state index in [1.807, 2.05) is 16.7 Å². The van der Waals surface area contributed by atoms with Gasteiger partial charge in [0.2, 0.25) is 5.65 Å². The summed E-state index contributed by atoms with van der Waals surface area (Å²) in [5, 5.41) is 29.1. The molecule has 2 aromatic heterocycles. The number of aromatic nitrogens is 3. The van der Waals surface area contributed by atoms with Gasteiger partial charge in [-0.05, 0) is 49.9 Å². The minimum atomic E-state index is -0.304. The van der Waals surface area contributed by atoms with Gasteiger partial charge in [-0.3, -0.25) is 4.40 Å². The molecule has 26 heavy (non-hydrogen) atoms. The van der Waals surface area contributed by atoms with E-state index in [4.69, 9.17) is 16.3 Å². The van der Waals surface area contributed by atoms with Crippen LogP contribution in [0.3, 0.4) is 0 Å². The second-order valence-corrected chi connectivity index (χ2v) is 7.22. The van der Waals surface area contributed by atoms with Crippen LogP contribution in [-0.4, -0.2) is 30.9 Å². The first kappa shape index (κ1) is 17.1. The standard InChI is InChI=1S/C19H20ClN3O3/c1-2-19(9-8-12(24)11-19)18-22-21-17-15(7-4-10-23(17)18)26-16-13(20)5-3-6-14(16)25/h3-7,10,12,24-25H,2,8-9,11H2,1H3. The Kier molecular flexibility index (Phi) is 4.25. The van der Waals surface area contributed by atoms with Crippen molar-refractivity contribution in [1.29, 1.82) is 0 Å². The predicted octanol–water partition coefficient (Wildman–Crippen LogP) is 4.07. The highest BCUT2D eigenvalue weighted by Crippen LogP contribution is 2.44. The van der Waals surface area contributed by atoms with Crippen LogP contribution in [0.1, 0.15) is 38.4 Å². The number of aliphatic hydroxyl groups excluding tert-OH is 1. The Bertz CT molecular complexity index is 938. The van der Waals surface area contributed by atoms with Gasteiger partial charge in [0, 0.05) is 11.6 Å². The molecule has 0 spiro atoms. The first-order chi connectivity index (χ1) is 12.5. The van der Waals surface area contributed by atoms with E-state index in [1.54, 1.807) is 18.2 Å². The number of fused-ring (bicyclic) bond motifs is 1. The number of halogens is 1. The summed E-state index contributed by atoms with van der Waals surface area (Å²) in [4.78, 5) is 0. The summed E-state index contributed by atoms with van der Waals surface area (Å²) in [6.45, 7) is 2.11. The van der Waals surface area contributed by atoms with Crippen molar-refractivity contribution in [3.8, 4) is 17.2 Å². The zero-order valence-corrected chi connectivity index (χ0v) is 15.1.